The van der Waals surface area contributed by atoms with Crippen LogP contribution in [0, 0.1) is 5.92 Å². The van der Waals surface area contributed by atoms with Crippen LogP contribution in [0.3, 0.4) is 0 Å². The third kappa shape index (κ3) is 4.89. The Bertz CT molecular complexity index is 608. The van der Waals surface area contributed by atoms with Crippen molar-refractivity contribution in [1.29, 1.82) is 0 Å². The van der Waals surface area contributed by atoms with Crippen LogP contribution in [0.2, 0.25) is 5.02 Å². The average molecular weight is 369 g/mol. The largest absolute Gasteiger partial charge is 0.496 e. The van der Waals surface area contributed by atoms with E-state index in [1.807, 2.05) is 13.8 Å². The molecule has 1 saturated carbocycles. The van der Waals surface area contributed by atoms with E-state index in [9.17, 15) is 15.0 Å². The lowest BCUT2D eigenvalue weighted by Crippen LogP contribution is -2.45. The Balaban J connectivity index is 2.27. The Morgan fingerprint density at radius 1 is 1.28 bits per heavy atom. The van der Waals surface area contributed by atoms with Gasteiger partial charge in [0.1, 0.15) is 5.75 Å². The van der Waals surface area contributed by atoms with Crippen molar-refractivity contribution in [3.05, 3.63) is 28.8 Å². The second kappa shape index (κ2) is 7.96. The number of aliphatic hydroxyl groups is 1. The van der Waals surface area contributed by atoms with Gasteiger partial charge in [-0.15, -0.1) is 0 Å². The summed E-state index contributed by atoms with van der Waals surface area (Å²) in [6, 6.07) is 5.31. The lowest BCUT2D eigenvalue weighted by molar-refractivity contribution is -0.163. The smallest absolute Gasteiger partial charge is 0.335 e. The molecule has 25 heavy (non-hydrogen) atoms. The SMILES string of the molecule is COc1ccc(Cl)cc1C(C)(C)CC(O)(CC1CCCCC1)C(=O)O. The summed E-state index contributed by atoms with van der Waals surface area (Å²) in [5.74, 6) is -0.223. The number of hydrogen-bond donors (Lipinski definition) is 2. The predicted octanol–water partition coefficient (Wildman–Crippen LogP) is 4.80. The first-order valence-corrected chi connectivity index (χ1v) is 9.35. The molecule has 0 saturated heterocycles. The van der Waals surface area contributed by atoms with E-state index in [1.54, 1.807) is 25.3 Å². The Hall–Kier alpha value is -1.26. The third-order valence-electron chi connectivity index (χ3n) is 5.37. The first kappa shape index (κ1) is 20.1. The van der Waals surface area contributed by atoms with Gasteiger partial charge >= 0.3 is 5.97 Å². The van der Waals surface area contributed by atoms with Crippen LogP contribution in [0.25, 0.3) is 0 Å². The molecule has 1 atom stereocenters. The first-order chi connectivity index (χ1) is 11.7. The predicted molar refractivity (Wildman–Crippen MR) is 99.4 cm³/mol. The van der Waals surface area contributed by atoms with Crippen LogP contribution >= 0.6 is 11.6 Å². The Kier molecular flexibility index (Phi) is 6.39. The summed E-state index contributed by atoms with van der Waals surface area (Å²) < 4.78 is 5.42. The maximum Gasteiger partial charge on any atom is 0.335 e. The first-order valence-electron chi connectivity index (χ1n) is 8.98. The maximum atomic E-state index is 11.9. The molecule has 1 aromatic rings. The molecule has 2 N–H and O–H groups in total. The summed E-state index contributed by atoms with van der Waals surface area (Å²) >= 11 is 6.13. The zero-order valence-electron chi connectivity index (χ0n) is 15.3. The topological polar surface area (TPSA) is 66.8 Å². The highest BCUT2D eigenvalue weighted by molar-refractivity contribution is 6.30. The molecule has 4 nitrogen and oxygen atoms in total. The molecule has 0 amide bonds. The third-order valence-corrected chi connectivity index (χ3v) is 5.61. The van der Waals surface area contributed by atoms with Gasteiger partial charge in [-0.1, -0.05) is 57.6 Å². The quantitative estimate of drug-likeness (QED) is 0.725. The van der Waals surface area contributed by atoms with Crippen molar-refractivity contribution in [1.82, 2.24) is 0 Å². The molecule has 1 fully saturated rings. The minimum absolute atomic E-state index is 0.114. The molecule has 0 aliphatic heterocycles. The number of methoxy groups -OCH3 is 1. The number of aliphatic carboxylic acids is 1. The van der Waals surface area contributed by atoms with Gasteiger partial charge in [0.15, 0.2) is 5.60 Å². The molecular weight excluding hydrogens is 340 g/mol. The fraction of sp³-hybridized carbons (Fsp3) is 0.650. The van der Waals surface area contributed by atoms with Crippen LogP contribution in [0.5, 0.6) is 5.75 Å². The van der Waals surface area contributed by atoms with Crippen molar-refractivity contribution in [3.63, 3.8) is 0 Å². The summed E-state index contributed by atoms with van der Waals surface area (Å²) in [6.45, 7) is 3.85. The van der Waals surface area contributed by atoms with Crippen LogP contribution in [-0.2, 0) is 10.2 Å². The average Bonchev–Trinajstić information content (AvgIpc) is 2.55. The monoisotopic (exact) mass is 368 g/mol. The minimum Gasteiger partial charge on any atom is -0.496 e. The Labute approximate surface area is 155 Å². The van der Waals surface area contributed by atoms with Gasteiger partial charge in [-0.3, -0.25) is 0 Å². The van der Waals surface area contributed by atoms with E-state index in [2.05, 4.69) is 0 Å². The normalized spacial score (nSPS) is 18.6. The molecule has 0 radical (unpaired) electrons. The minimum atomic E-state index is -1.75. The van der Waals surface area contributed by atoms with Gasteiger partial charge < -0.3 is 14.9 Å². The number of carboxylic acids is 1. The number of halogens is 1. The standard InChI is InChI=1S/C20H29ClO4/c1-19(2,16-11-15(21)9-10-17(16)25-3)13-20(24,18(22)23)12-14-7-5-4-6-8-14/h9-11,14,24H,4-8,12-13H2,1-3H3,(H,22,23). The zero-order chi connectivity index (χ0) is 18.7. The molecular formula is C20H29ClO4. The van der Waals surface area contributed by atoms with Gasteiger partial charge in [-0.2, -0.15) is 0 Å². The Morgan fingerprint density at radius 3 is 2.48 bits per heavy atom. The second-order valence-electron chi connectivity index (χ2n) is 7.95. The number of hydrogen-bond acceptors (Lipinski definition) is 3. The van der Waals surface area contributed by atoms with Crippen molar-refractivity contribution in [2.75, 3.05) is 7.11 Å². The molecule has 0 spiro atoms. The fourth-order valence-electron chi connectivity index (χ4n) is 4.14. The van der Waals surface area contributed by atoms with Gasteiger partial charge in [-0.25, -0.2) is 4.79 Å². The summed E-state index contributed by atoms with van der Waals surface area (Å²) in [7, 11) is 1.58. The van der Waals surface area contributed by atoms with Crippen molar-refractivity contribution in [3.8, 4) is 5.75 Å². The van der Waals surface area contributed by atoms with E-state index in [0.29, 0.717) is 17.2 Å². The van der Waals surface area contributed by atoms with Crippen LogP contribution in [-0.4, -0.2) is 28.9 Å². The molecule has 0 aromatic heterocycles. The molecule has 5 heteroatoms. The highest BCUT2D eigenvalue weighted by Crippen LogP contribution is 2.42. The zero-order valence-corrected chi connectivity index (χ0v) is 16.1. The van der Waals surface area contributed by atoms with Crippen molar-refractivity contribution >= 4 is 17.6 Å². The van der Waals surface area contributed by atoms with E-state index >= 15 is 0 Å². The maximum absolute atomic E-state index is 11.9. The highest BCUT2D eigenvalue weighted by atomic mass is 35.5. The number of carboxylic acid groups (broad SMARTS) is 1. The summed E-state index contributed by atoms with van der Waals surface area (Å²) in [6.07, 6.45) is 5.84. The second-order valence-corrected chi connectivity index (χ2v) is 8.39. The van der Waals surface area contributed by atoms with E-state index in [0.717, 1.165) is 31.2 Å². The summed E-state index contributed by atoms with van der Waals surface area (Å²) in [4.78, 5) is 11.9. The van der Waals surface area contributed by atoms with Crippen LogP contribution in [0.4, 0.5) is 0 Å². The lowest BCUT2D eigenvalue weighted by atomic mass is 9.71. The van der Waals surface area contributed by atoms with Crippen molar-refractivity contribution < 1.29 is 19.7 Å². The van der Waals surface area contributed by atoms with E-state index < -0.39 is 17.0 Å². The molecule has 2 rings (SSSR count). The molecule has 1 aliphatic rings. The molecule has 140 valence electrons. The van der Waals surface area contributed by atoms with Crippen molar-refractivity contribution in [2.24, 2.45) is 5.92 Å². The lowest BCUT2D eigenvalue weighted by Gasteiger charge is -2.37. The van der Waals surface area contributed by atoms with Crippen LogP contribution < -0.4 is 4.74 Å². The van der Waals surface area contributed by atoms with E-state index in [1.165, 1.54) is 6.42 Å². The van der Waals surface area contributed by atoms with Gasteiger partial charge in [0.05, 0.1) is 7.11 Å². The molecule has 1 unspecified atom stereocenters. The molecule has 0 bridgehead atoms. The molecule has 0 heterocycles. The Morgan fingerprint density at radius 2 is 1.92 bits per heavy atom. The highest BCUT2D eigenvalue weighted by Gasteiger charge is 2.44. The van der Waals surface area contributed by atoms with Gasteiger partial charge in [-0.05, 0) is 42.4 Å². The van der Waals surface area contributed by atoms with Gasteiger partial charge in [0.2, 0.25) is 0 Å². The summed E-state index contributed by atoms with van der Waals surface area (Å²) in [5.41, 5.74) is -1.54. The number of rotatable bonds is 7. The van der Waals surface area contributed by atoms with Gasteiger partial charge in [0.25, 0.3) is 0 Å². The molecule has 1 aliphatic carbocycles. The number of benzene rings is 1. The summed E-state index contributed by atoms with van der Waals surface area (Å²) in [5, 5.41) is 21.3. The van der Waals surface area contributed by atoms with Crippen LogP contribution in [0.1, 0.15) is 64.4 Å². The van der Waals surface area contributed by atoms with E-state index in [4.69, 9.17) is 16.3 Å². The molecule has 1 aromatic carbocycles. The van der Waals surface area contributed by atoms with Crippen molar-refractivity contribution in [2.45, 2.75) is 69.8 Å². The van der Waals surface area contributed by atoms with E-state index in [-0.39, 0.29) is 12.3 Å². The van der Waals surface area contributed by atoms with Crippen LogP contribution in [0.15, 0.2) is 18.2 Å². The number of ether oxygens (including phenoxy) is 1. The fourth-order valence-corrected chi connectivity index (χ4v) is 4.31. The van der Waals surface area contributed by atoms with Gasteiger partial charge in [0, 0.05) is 10.6 Å². The number of carbonyl (C=O) groups is 1.